The van der Waals surface area contributed by atoms with E-state index in [-0.39, 0.29) is 37.5 Å². The zero-order valence-electron chi connectivity index (χ0n) is 23.5. The highest BCUT2D eigenvalue weighted by atomic mass is 32.1. The van der Waals surface area contributed by atoms with Crippen LogP contribution in [0.3, 0.4) is 0 Å². The largest absolute Gasteiger partial charge is 0.480 e. The van der Waals surface area contributed by atoms with Gasteiger partial charge in [-0.05, 0) is 36.5 Å². The normalized spacial score (nSPS) is 13.7. The van der Waals surface area contributed by atoms with Crippen LogP contribution in [-0.2, 0) is 32.0 Å². The van der Waals surface area contributed by atoms with E-state index in [0.717, 1.165) is 22.0 Å². The van der Waals surface area contributed by atoms with Crippen molar-refractivity contribution in [3.63, 3.8) is 0 Å². The van der Waals surface area contributed by atoms with Gasteiger partial charge in [0.2, 0.25) is 17.7 Å². The SMILES string of the molecule is NC(N)=NCCCC(NC(=O)C(Cc1c[nH]c2ccccc12)NC(=O)C(N)Cc1ccccc1)C(=O)NC(CS)C(=O)O. The summed E-state index contributed by atoms with van der Waals surface area (Å²) >= 11 is 3.99. The van der Waals surface area contributed by atoms with Gasteiger partial charge in [-0.3, -0.25) is 19.4 Å². The molecular formula is C29H38N8O5S. The van der Waals surface area contributed by atoms with E-state index in [9.17, 15) is 24.3 Å². The lowest BCUT2D eigenvalue weighted by Gasteiger charge is -2.25. The van der Waals surface area contributed by atoms with Gasteiger partial charge in [0.05, 0.1) is 6.04 Å². The summed E-state index contributed by atoms with van der Waals surface area (Å²) in [5.74, 6) is -3.47. The van der Waals surface area contributed by atoms with E-state index in [4.69, 9.17) is 17.2 Å². The van der Waals surface area contributed by atoms with Crippen LogP contribution in [0.2, 0.25) is 0 Å². The molecule has 230 valence electrons. The predicted octanol–water partition coefficient (Wildman–Crippen LogP) is -0.197. The Morgan fingerprint density at radius 1 is 0.860 bits per heavy atom. The summed E-state index contributed by atoms with van der Waals surface area (Å²) in [7, 11) is 0. The maximum absolute atomic E-state index is 13.7. The fourth-order valence-electron chi connectivity index (χ4n) is 4.47. The Morgan fingerprint density at radius 3 is 2.16 bits per heavy atom. The number of fused-ring (bicyclic) bond motifs is 1. The minimum absolute atomic E-state index is 0.0918. The monoisotopic (exact) mass is 610 g/mol. The van der Waals surface area contributed by atoms with Gasteiger partial charge in [0, 0.05) is 35.8 Å². The number of para-hydroxylation sites is 1. The number of thiol groups is 1. The van der Waals surface area contributed by atoms with Gasteiger partial charge in [-0.2, -0.15) is 12.6 Å². The van der Waals surface area contributed by atoms with Crippen molar-refractivity contribution >= 4 is 53.2 Å². The Balaban J connectivity index is 1.83. The Hall–Kier alpha value is -4.56. The van der Waals surface area contributed by atoms with Crippen LogP contribution in [0.4, 0.5) is 0 Å². The molecule has 0 spiro atoms. The molecule has 2 aromatic carbocycles. The molecule has 4 unspecified atom stereocenters. The van der Waals surface area contributed by atoms with Crippen molar-refractivity contribution in [2.75, 3.05) is 12.3 Å². The van der Waals surface area contributed by atoms with E-state index in [1.165, 1.54) is 0 Å². The molecular weight excluding hydrogens is 572 g/mol. The fraction of sp³-hybridized carbons (Fsp3) is 0.345. The number of rotatable bonds is 16. The van der Waals surface area contributed by atoms with Crippen LogP contribution in [0.5, 0.6) is 0 Å². The number of aromatic nitrogens is 1. The summed E-state index contributed by atoms with van der Waals surface area (Å²) in [4.78, 5) is 58.6. The van der Waals surface area contributed by atoms with Crippen LogP contribution < -0.4 is 33.2 Å². The van der Waals surface area contributed by atoms with Crippen LogP contribution in [0.25, 0.3) is 10.9 Å². The predicted molar refractivity (Wildman–Crippen MR) is 167 cm³/mol. The molecule has 0 saturated heterocycles. The summed E-state index contributed by atoms with van der Waals surface area (Å²) < 4.78 is 0. The highest BCUT2D eigenvalue weighted by Gasteiger charge is 2.30. The number of carbonyl (C=O) groups excluding carboxylic acids is 3. The Morgan fingerprint density at radius 2 is 1.49 bits per heavy atom. The van der Waals surface area contributed by atoms with E-state index in [2.05, 4.69) is 38.6 Å². The lowest BCUT2D eigenvalue weighted by molar-refractivity contribution is -0.141. The van der Waals surface area contributed by atoms with Crippen molar-refractivity contribution in [1.29, 1.82) is 0 Å². The molecule has 0 bridgehead atoms. The number of benzene rings is 2. The van der Waals surface area contributed by atoms with Gasteiger partial charge in [0.15, 0.2) is 5.96 Å². The summed E-state index contributed by atoms with van der Waals surface area (Å²) in [5.41, 5.74) is 19.4. The number of amides is 3. The van der Waals surface area contributed by atoms with Crippen molar-refractivity contribution in [3.05, 3.63) is 71.9 Å². The second-order valence-electron chi connectivity index (χ2n) is 10.0. The molecule has 3 amide bonds. The number of aliphatic imine (C=N–C) groups is 1. The van der Waals surface area contributed by atoms with Crippen LogP contribution >= 0.6 is 12.6 Å². The molecule has 11 N–H and O–H groups in total. The van der Waals surface area contributed by atoms with E-state index in [0.29, 0.717) is 6.42 Å². The molecule has 13 nitrogen and oxygen atoms in total. The van der Waals surface area contributed by atoms with E-state index in [1.54, 1.807) is 6.20 Å². The van der Waals surface area contributed by atoms with Crippen LogP contribution in [-0.4, -0.2) is 76.2 Å². The van der Waals surface area contributed by atoms with Crippen LogP contribution in [0.15, 0.2) is 65.8 Å². The number of aromatic amines is 1. The molecule has 0 fully saturated rings. The number of nitrogens with one attached hydrogen (secondary N) is 4. The number of hydrogen-bond acceptors (Lipinski definition) is 7. The summed E-state index contributed by atoms with van der Waals surface area (Å²) in [6.07, 6.45) is 2.50. The van der Waals surface area contributed by atoms with Gasteiger partial charge in [0.25, 0.3) is 0 Å². The van der Waals surface area contributed by atoms with Crippen molar-refractivity contribution in [1.82, 2.24) is 20.9 Å². The first-order valence-corrected chi connectivity index (χ1v) is 14.4. The molecule has 0 aliphatic heterocycles. The zero-order valence-corrected chi connectivity index (χ0v) is 24.4. The molecule has 0 saturated carbocycles. The maximum atomic E-state index is 13.7. The third kappa shape index (κ3) is 10.0. The highest BCUT2D eigenvalue weighted by Crippen LogP contribution is 2.19. The average molecular weight is 611 g/mol. The Kier molecular flexibility index (Phi) is 12.4. The zero-order chi connectivity index (χ0) is 31.4. The Bertz CT molecular complexity index is 1430. The van der Waals surface area contributed by atoms with Gasteiger partial charge < -0.3 is 43.2 Å². The van der Waals surface area contributed by atoms with Crippen molar-refractivity contribution in [2.24, 2.45) is 22.2 Å². The molecule has 0 aliphatic carbocycles. The maximum Gasteiger partial charge on any atom is 0.327 e. The van der Waals surface area contributed by atoms with E-state index >= 15 is 0 Å². The number of hydrogen-bond donors (Lipinski definition) is 9. The summed E-state index contributed by atoms with van der Waals surface area (Å²) in [5, 5.41) is 18.1. The number of carboxylic acids is 1. The third-order valence-electron chi connectivity index (χ3n) is 6.74. The van der Waals surface area contributed by atoms with Crippen molar-refractivity contribution in [3.8, 4) is 0 Å². The first kappa shape index (κ1) is 32.9. The lowest BCUT2D eigenvalue weighted by Crippen LogP contribution is -2.58. The first-order chi connectivity index (χ1) is 20.6. The fourth-order valence-corrected chi connectivity index (χ4v) is 4.72. The first-order valence-electron chi connectivity index (χ1n) is 13.7. The van der Waals surface area contributed by atoms with Crippen molar-refractivity contribution in [2.45, 2.75) is 49.9 Å². The average Bonchev–Trinajstić information content (AvgIpc) is 3.39. The van der Waals surface area contributed by atoms with E-state index < -0.39 is 47.9 Å². The summed E-state index contributed by atoms with van der Waals surface area (Å²) in [6.45, 7) is 0.181. The smallest absolute Gasteiger partial charge is 0.327 e. The molecule has 1 aromatic heterocycles. The molecule has 1 heterocycles. The van der Waals surface area contributed by atoms with E-state index in [1.807, 2.05) is 54.6 Å². The molecule has 0 aliphatic rings. The number of nitrogens with zero attached hydrogens (tertiary/aromatic N) is 1. The van der Waals surface area contributed by atoms with Gasteiger partial charge >= 0.3 is 5.97 Å². The molecule has 4 atom stereocenters. The Labute approximate surface area is 254 Å². The van der Waals surface area contributed by atoms with Gasteiger partial charge in [0.1, 0.15) is 18.1 Å². The second-order valence-corrected chi connectivity index (χ2v) is 10.4. The quantitative estimate of drug-likeness (QED) is 0.0455. The van der Waals surface area contributed by atoms with Gasteiger partial charge in [-0.1, -0.05) is 48.5 Å². The molecule has 0 radical (unpaired) electrons. The second kappa shape index (κ2) is 16.2. The standard InChI is InChI=1S/C29H38N8O5S/c30-20(13-17-7-2-1-3-8-17)25(38)36-23(14-18-15-34-21-10-5-4-9-19(18)21)27(40)35-22(11-6-12-33-29(31)32)26(39)37-24(16-43)28(41)42/h1-5,7-10,15,20,22-24,34,43H,6,11-14,16,30H2,(H,35,40)(H,36,38)(H,37,39)(H,41,42)(H4,31,32,33). The third-order valence-corrected chi connectivity index (χ3v) is 7.11. The number of nitrogens with two attached hydrogens (primary N) is 3. The number of carboxylic acid groups (broad SMARTS) is 1. The number of guanidine groups is 1. The lowest BCUT2D eigenvalue weighted by atomic mass is 10.0. The number of H-pyrrole nitrogens is 1. The van der Waals surface area contributed by atoms with Crippen LogP contribution in [0, 0.1) is 0 Å². The summed E-state index contributed by atoms with van der Waals surface area (Å²) in [6, 6.07) is 12.3. The molecule has 3 aromatic rings. The molecule has 14 heteroatoms. The van der Waals surface area contributed by atoms with Crippen molar-refractivity contribution < 1.29 is 24.3 Å². The van der Waals surface area contributed by atoms with Crippen LogP contribution in [0.1, 0.15) is 24.0 Å². The molecule has 3 rings (SSSR count). The minimum Gasteiger partial charge on any atom is -0.480 e. The topological polar surface area (TPSA) is 231 Å². The molecule has 43 heavy (non-hydrogen) atoms. The number of aliphatic carboxylic acids is 1. The number of carbonyl (C=O) groups is 4. The van der Waals surface area contributed by atoms with Gasteiger partial charge in [-0.15, -0.1) is 0 Å². The highest BCUT2D eigenvalue weighted by molar-refractivity contribution is 7.80. The minimum atomic E-state index is -1.27. The van der Waals surface area contributed by atoms with Gasteiger partial charge in [-0.25, -0.2) is 4.79 Å².